The van der Waals surface area contributed by atoms with Gasteiger partial charge in [0.2, 0.25) is 0 Å². The van der Waals surface area contributed by atoms with Gasteiger partial charge in [-0.25, -0.2) is 10.2 Å². The highest BCUT2D eigenvalue weighted by atomic mass is 79.9. The number of rotatable bonds is 9. The van der Waals surface area contributed by atoms with Crippen LogP contribution in [0.4, 0.5) is 5.69 Å². The third kappa shape index (κ3) is 6.21. The van der Waals surface area contributed by atoms with E-state index >= 15 is 0 Å². The Morgan fingerprint density at radius 1 is 1.16 bits per heavy atom. The summed E-state index contributed by atoms with van der Waals surface area (Å²) in [7, 11) is 0. The minimum Gasteiger partial charge on any atom is -0.490 e. The van der Waals surface area contributed by atoms with Crippen molar-refractivity contribution < 1.29 is 24.2 Å². The first-order chi connectivity index (χ1) is 15.0. The van der Waals surface area contributed by atoms with Crippen LogP contribution in [0.5, 0.6) is 11.5 Å². The first-order valence-electron chi connectivity index (χ1n) is 9.97. The van der Waals surface area contributed by atoms with Crippen LogP contribution in [0.3, 0.4) is 0 Å². The van der Waals surface area contributed by atoms with Crippen molar-refractivity contribution in [2.75, 3.05) is 31.2 Å². The molecule has 3 rings (SSSR count). The molecule has 1 saturated heterocycles. The molecule has 8 nitrogen and oxygen atoms in total. The summed E-state index contributed by atoms with van der Waals surface area (Å²) in [4.78, 5) is 25.4. The zero-order chi connectivity index (χ0) is 22.2. The molecule has 0 aromatic heterocycles. The van der Waals surface area contributed by atoms with E-state index in [1.54, 1.807) is 24.3 Å². The van der Waals surface area contributed by atoms with Crippen molar-refractivity contribution in [2.45, 2.75) is 19.8 Å². The number of hydrogen-bond acceptors (Lipinski definition) is 6. The minimum absolute atomic E-state index is 0.301. The molecule has 1 fully saturated rings. The lowest BCUT2D eigenvalue weighted by Crippen LogP contribution is -2.19. The number of amides is 1. The van der Waals surface area contributed by atoms with Gasteiger partial charge in [-0.3, -0.25) is 4.79 Å². The van der Waals surface area contributed by atoms with Crippen molar-refractivity contribution in [1.29, 1.82) is 0 Å². The maximum absolute atomic E-state index is 12.4. The molecule has 2 aromatic carbocycles. The van der Waals surface area contributed by atoms with Gasteiger partial charge in [-0.15, -0.1) is 0 Å². The molecule has 0 aliphatic carbocycles. The lowest BCUT2D eigenvalue weighted by molar-refractivity contribution is -0.139. The van der Waals surface area contributed by atoms with Crippen molar-refractivity contribution in [3.8, 4) is 11.5 Å². The maximum Gasteiger partial charge on any atom is 0.341 e. The molecule has 1 aliphatic rings. The Bertz CT molecular complexity index is 956. The van der Waals surface area contributed by atoms with Crippen molar-refractivity contribution in [3.63, 3.8) is 0 Å². The lowest BCUT2D eigenvalue weighted by Gasteiger charge is -2.17. The van der Waals surface area contributed by atoms with Crippen LogP contribution in [0.1, 0.15) is 35.7 Å². The van der Waals surface area contributed by atoms with Crippen LogP contribution in [-0.4, -0.2) is 49.5 Å². The third-order valence-electron chi connectivity index (χ3n) is 4.68. The average molecular weight is 490 g/mol. The number of aliphatic carboxylic acids is 1. The highest BCUT2D eigenvalue weighted by Crippen LogP contribution is 2.33. The molecular weight excluding hydrogens is 466 g/mol. The van der Waals surface area contributed by atoms with E-state index in [9.17, 15) is 9.59 Å². The number of ether oxygens (including phenoxy) is 2. The molecule has 0 bridgehead atoms. The van der Waals surface area contributed by atoms with Gasteiger partial charge >= 0.3 is 5.97 Å². The monoisotopic (exact) mass is 489 g/mol. The number of anilines is 1. The number of halogens is 1. The average Bonchev–Trinajstić information content (AvgIpc) is 3.29. The van der Waals surface area contributed by atoms with Gasteiger partial charge in [0.05, 0.1) is 12.8 Å². The smallest absolute Gasteiger partial charge is 0.341 e. The molecule has 0 radical (unpaired) electrons. The van der Waals surface area contributed by atoms with E-state index in [2.05, 4.69) is 31.4 Å². The molecule has 1 amide bonds. The van der Waals surface area contributed by atoms with Crippen LogP contribution in [-0.2, 0) is 4.79 Å². The van der Waals surface area contributed by atoms with Gasteiger partial charge in [-0.05, 0) is 72.1 Å². The molecule has 2 N–H and O–H groups in total. The largest absolute Gasteiger partial charge is 0.490 e. The third-order valence-corrected chi connectivity index (χ3v) is 5.37. The summed E-state index contributed by atoms with van der Waals surface area (Å²) >= 11 is 3.40. The van der Waals surface area contributed by atoms with Crippen LogP contribution >= 0.6 is 15.9 Å². The SMILES string of the molecule is CCOc1cc(/C=N\NC(=O)c2ccc(N3CCCC3)cc2)c(Br)cc1OCC(=O)O. The van der Waals surface area contributed by atoms with Gasteiger partial charge in [-0.2, -0.15) is 5.10 Å². The van der Waals surface area contributed by atoms with E-state index in [0.717, 1.165) is 18.8 Å². The van der Waals surface area contributed by atoms with Crippen LogP contribution in [0.2, 0.25) is 0 Å². The molecule has 1 aliphatic heterocycles. The van der Waals surface area contributed by atoms with E-state index in [0.29, 0.717) is 33.7 Å². The predicted octanol–water partition coefficient (Wildman–Crippen LogP) is 3.68. The first-order valence-corrected chi connectivity index (χ1v) is 10.8. The van der Waals surface area contributed by atoms with Gasteiger partial charge < -0.3 is 19.5 Å². The molecule has 0 spiro atoms. The summed E-state index contributed by atoms with van der Waals surface area (Å²) < 4.78 is 11.4. The number of carbonyl (C=O) groups is 2. The van der Waals surface area contributed by atoms with E-state index < -0.39 is 12.6 Å². The second-order valence-corrected chi connectivity index (χ2v) is 7.73. The van der Waals surface area contributed by atoms with Crippen LogP contribution in [0.25, 0.3) is 0 Å². The summed E-state index contributed by atoms with van der Waals surface area (Å²) in [6.07, 6.45) is 3.87. The number of carboxylic acids is 1. The number of nitrogens with one attached hydrogen (secondary N) is 1. The Morgan fingerprint density at radius 2 is 1.84 bits per heavy atom. The number of nitrogens with zero attached hydrogens (tertiary/aromatic N) is 2. The number of carboxylic acid groups (broad SMARTS) is 1. The molecule has 2 aromatic rings. The molecule has 0 atom stereocenters. The van der Waals surface area contributed by atoms with E-state index in [4.69, 9.17) is 14.6 Å². The fourth-order valence-corrected chi connectivity index (χ4v) is 3.62. The zero-order valence-electron chi connectivity index (χ0n) is 17.1. The number of carbonyl (C=O) groups excluding carboxylic acids is 1. The Hall–Kier alpha value is -3.07. The van der Waals surface area contributed by atoms with Gasteiger partial charge in [-0.1, -0.05) is 0 Å². The van der Waals surface area contributed by atoms with E-state index in [1.165, 1.54) is 19.1 Å². The first kappa shape index (κ1) is 22.6. The molecule has 164 valence electrons. The predicted molar refractivity (Wildman–Crippen MR) is 121 cm³/mol. The summed E-state index contributed by atoms with van der Waals surface area (Å²) in [5.41, 5.74) is 4.79. The van der Waals surface area contributed by atoms with Gasteiger partial charge in [0.15, 0.2) is 18.1 Å². The molecule has 0 saturated carbocycles. The van der Waals surface area contributed by atoms with Crippen LogP contribution in [0.15, 0.2) is 46.0 Å². The van der Waals surface area contributed by atoms with Crippen molar-refractivity contribution in [3.05, 3.63) is 52.0 Å². The molecular formula is C22H24BrN3O5. The van der Waals surface area contributed by atoms with Crippen LogP contribution < -0.4 is 19.8 Å². The van der Waals surface area contributed by atoms with Crippen molar-refractivity contribution in [2.24, 2.45) is 5.10 Å². The fraction of sp³-hybridized carbons (Fsp3) is 0.318. The Balaban J connectivity index is 1.65. The summed E-state index contributed by atoms with van der Waals surface area (Å²) in [6.45, 7) is 3.81. The standard InChI is InChI=1S/C22H24BrN3O5/c1-2-30-19-11-16(18(23)12-20(19)31-14-21(27)28)13-24-25-22(29)15-5-7-17(8-6-15)26-9-3-4-10-26/h5-8,11-13H,2-4,9-10,14H2,1H3,(H,25,29)(H,27,28)/b24-13-. The molecule has 1 heterocycles. The van der Waals surface area contributed by atoms with E-state index in [1.807, 2.05) is 19.1 Å². The normalized spacial score (nSPS) is 13.4. The topological polar surface area (TPSA) is 100 Å². The van der Waals surface area contributed by atoms with Gasteiger partial charge in [0.25, 0.3) is 5.91 Å². The lowest BCUT2D eigenvalue weighted by atomic mass is 10.2. The quantitative estimate of drug-likeness (QED) is 0.411. The number of benzene rings is 2. The molecule has 0 unspecified atom stereocenters. The fourth-order valence-electron chi connectivity index (χ4n) is 3.19. The Morgan fingerprint density at radius 3 is 2.48 bits per heavy atom. The molecule has 9 heteroatoms. The summed E-state index contributed by atoms with van der Waals surface area (Å²) in [5, 5.41) is 12.8. The second kappa shape index (κ2) is 10.8. The maximum atomic E-state index is 12.4. The minimum atomic E-state index is -1.08. The summed E-state index contributed by atoms with van der Waals surface area (Å²) in [5.74, 6) is -0.709. The summed E-state index contributed by atoms with van der Waals surface area (Å²) in [6, 6.07) is 10.7. The van der Waals surface area contributed by atoms with Crippen molar-refractivity contribution >= 4 is 39.7 Å². The molecule has 31 heavy (non-hydrogen) atoms. The van der Waals surface area contributed by atoms with Gasteiger partial charge in [0, 0.05) is 34.4 Å². The Labute approximate surface area is 189 Å². The highest BCUT2D eigenvalue weighted by molar-refractivity contribution is 9.10. The highest BCUT2D eigenvalue weighted by Gasteiger charge is 2.14. The Kier molecular flexibility index (Phi) is 7.88. The zero-order valence-corrected chi connectivity index (χ0v) is 18.7. The number of hydrazone groups is 1. The second-order valence-electron chi connectivity index (χ2n) is 6.88. The number of hydrogen-bond donors (Lipinski definition) is 2. The van der Waals surface area contributed by atoms with Crippen molar-refractivity contribution in [1.82, 2.24) is 5.43 Å². The van der Waals surface area contributed by atoms with E-state index in [-0.39, 0.29) is 5.91 Å². The van der Waals surface area contributed by atoms with Crippen LogP contribution in [0, 0.1) is 0 Å². The van der Waals surface area contributed by atoms with Gasteiger partial charge in [0.1, 0.15) is 0 Å².